The van der Waals surface area contributed by atoms with E-state index in [0.717, 1.165) is 12.0 Å². The second kappa shape index (κ2) is 3.61. The highest BCUT2D eigenvalue weighted by Gasteiger charge is 2.42. The number of rotatable bonds is 3. The summed E-state index contributed by atoms with van der Waals surface area (Å²) in [6.07, 6.45) is 0.894. The molecular formula is C11H15NO2S. The van der Waals surface area contributed by atoms with Gasteiger partial charge < -0.3 is 0 Å². The molecule has 3 nitrogen and oxygen atoms in total. The molecule has 0 amide bonds. The number of aryl methyl sites for hydroxylation is 1. The van der Waals surface area contributed by atoms with Crippen LogP contribution in [0.15, 0.2) is 29.2 Å². The van der Waals surface area contributed by atoms with Crippen molar-refractivity contribution in [3.63, 3.8) is 0 Å². The van der Waals surface area contributed by atoms with Crippen molar-refractivity contribution in [2.45, 2.75) is 31.2 Å². The van der Waals surface area contributed by atoms with Crippen LogP contribution in [0.4, 0.5) is 0 Å². The zero-order chi connectivity index (χ0) is 11.1. The first-order chi connectivity index (χ1) is 7.05. The molecule has 1 saturated heterocycles. The quantitative estimate of drug-likeness (QED) is 0.735. The summed E-state index contributed by atoms with van der Waals surface area (Å²) < 4.78 is 25.6. The topological polar surface area (TPSA) is 37.1 Å². The molecule has 1 aromatic rings. The first-order valence-electron chi connectivity index (χ1n) is 5.14. The van der Waals surface area contributed by atoms with Crippen molar-refractivity contribution >= 4 is 10.0 Å². The average molecular weight is 225 g/mol. The minimum Gasteiger partial charge on any atom is -0.207 e. The summed E-state index contributed by atoms with van der Waals surface area (Å²) in [5.41, 5.74) is 1.08. The van der Waals surface area contributed by atoms with E-state index in [1.165, 1.54) is 0 Å². The van der Waals surface area contributed by atoms with Crippen molar-refractivity contribution in [3.05, 3.63) is 29.8 Å². The van der Waals surface area contributed by atoms with Crippen molar-refractivity contribution in [3.8, 4) is 0 Å². The maximum atomic E-state index is 12.0. The van der Waals surface area contributed by atoms with Crippen LogP contribution in [0.25, 0.3) is 0 Å². The lowest BCUT2D eigenvalue weighted by Crippen LogP contribution is -2.14. The number of nitrogens with zero attached hydrogens (tertiary/aromatic N) is 1. The van der Waals surface area contributed by atoms with E-state index in [2.05, 4.69) is 0 Å². The van der Waals surface area contributed by atoms with Crippen LogP contribution in [0.3, 0.4) is 0 Å². The fourth-order valence-corrected chi connectivity index (χ4v) is 3.29. The van der Waals surface area contributed by atoms with E-state index in [1.54, 1.807) is 16.4 Å². The Labute approximate surface area is 90.8 Å². The molecule has 2 rings (SSSR count). The fourth-order valence-electron chi connectivity index (χ4n) is 1.63. The standard InChI is InChI=1S/C11H15NO2S/c1-3-10-8-12(10)15(13,14)11-6-4-9(2)5-7-11/h4-7,10H,3,8H2,1-2H3. The second-order valence-corrected chi connectivity index (χ2v) is 5.84. The van der Waals surface area contributed by atoms with E-state index in [4.69, 9.17) is 0 Å². The Bertz CT molecular complexity index is 450. The molecule has 0 aliphatic carbocycles. The summed E-state index contributed by atoms with van der Waals surface area (Å²) in [7, 11) is -3.21. The third kappa shape index (κ3) is 1.92. The van der Waals surface area contributed by atoms with Crippen molar-refractivity contribution in [2.75, 3.05) is 6.54 Å². The van der Waals surface area contributed by atoms with E-state index in [1.807, 2.05) is 26.0 Å². The average Bonchev–Trinajstić information content (AvgIpc) is 2.98. The molecule has 2 atom stereocenters. The molecule has 0 radical (unpaired) electrons. The molecule has 2 unspecified atom stereocenters. The third-order valence-electron chi connectivity index (χ3n) is 2.76. The Morgan fingerprint density at radius 3 is 2.40 bits per heavy atom. The molecule has 0 spiro atoms. The van der Waals surface area contributed by atoms with Gasteiger partial charge in [0, 0.05) is 12.6 Å². The van der Waals surface area contributed by atoms with Crippen LogP contribution in [-0.2, 0) is 10.0 Å². The Morgan fingerprint density at radius 2 is 1.93 bits per heavy atom. The van der Waals surface area contributed by atoms with Crippen molar-refractivity contribution in [1.82, 2.24) is 4.31 Å². The Kier molecular flexibility index (Phi) is 2.56. The maximum absolute atomic E-state index is 12.0. The molecule has 0 saturated carbocycles. The minimum absolute atomic E-state index is 0.219. The van der Waals surface area contributed by atoms with Gasteiger partial charge in [-0.25, -0.2) is 8.42 Å². The van der Waals surface area contributed by atoms with Gasteiger partial charge in [0.25, 0.3) is 0 Å². The van der Waals surface area contributed by atoms with E-state index < -0.39 is 10.0 Å². The molecule has 15 heavy (non-hydrogen) atoms. The Balaban J connectivity index is 2.27. The number of benzene rings is 1. The molecule has 82 valence electrons. The van der Waals surface area contributed by atoms with Crippen LogP contribution in [0.5, 0.6) is 0 Å². The van der Waals surface area contributed by atoms with Gasteiger partial charge in [-0.1, -0.05) is 24.6 Å². The normalized spacial score (nSPS) is 25.2. The van der Waals surface area contributed by atoms with Crippen LogP contribution >= 0.6 is 0 Å². The molecular weight excluding hydrogens is 210 g/mol. The zero-order valence-corrected chi connectivity index (χ0v) is 9.79. The van der Waals surface area contributed by atoms with E-state index in [-0.39, 0.29) is 6.04 Å². The van der Waals surface area contributed by atoms with Gasteiger partial charge in [0.2, 0.25) is 10.0 Å². The summed E-state index contributed by atoms with van der Waals surface area (Å²) in [5.74, 6) is 0. The first-order valence-corrected chi connectivity index (χ1v) is 6.58. The summed E-state index contributed by atoms with van der Waals surface area (Å²) in [6, 6.07) is 7.23. The smallest absolute Gasteiger partial charge is 0.207 e. The lowest BCUT2D eigenvalue weighted by atomic mass is 10.2. The van der Waals surface area contributed by atoms with Gasteiger partial charge in [-0.15, -0.1) is 0 Å². The second-order valence-electron chi connectivity index (χ2n) is 3.95. The lowest BCUT2D eigenvalue weighted by Gasteiger charge is -2.05. The zero-order valence-electron chi connectivity index (χ0n) is 8.97. The fraction of sp³-hybridized carbons (Fsp3) is 0.455. The van der Waals surface area contributed by atoms with Crippen LogP contribution < -0.4 is 0 Å². The highest BCUT2D eigenvalue weighted by atomic mass is 32.2. The van der Waals surface area contributed by atoms with Gasteiger partial charge >= 0.3 is 0 Å². The van der Waals surface area contributed by atoms with E-state index in [0.29, 0.717) is 11.4 Å². The van der Waals surface area contributed by atoms with Crippen LogP contribution in [0.2, 0.25) is 0 Å². The molecule has 1 aromatic carbocycles. The maximum Gasteiger partial charge on any atom is 0.243 e. The van der Waals surface area contributed by atoms with E-state index >= 15 is 0 Å². The van der Waals surface area contributed by atoms with Gasteiger partial charge in [0.05, 0.1) is 4.90 Å². The number of hydrogen-bond acceptors (Lipinski definition) is 2. The first kappa shape index (κ1) is 10.6. The number of hydrogen-bond donors (Lipinski definition) is 0. The molecule has 1 aliphatic heterocycles. The van der Waals surface area contributed by atoms with Crippen molar-refractivity contribution < 1.29 is 8.42 Å². The van der Waals surface area contributed by atoms with Crippen LogP contribution in [-0.4, -0.2) is 25.3 Å². The van der Waals surface area contributed by atoms with E-state index in [9.17, 15) is 8.42 Å². The van der Waals surface area contributed by atoms with Crippen molar-refractivity contribution in [2.24, 2.45) is 0 Å². The highest BCUT2D eigenvalue weighted by molar-refractivity contribution is 7.89. The van der Waals surface area contributed by atoms with Crippen LogP contribution in [0.1, 0.15) is 18.9 Å². The van der Waals surface area contributed by atoms with Gasteiger partial charge in [0.15, 0.2) is 0 Å². The lowest BCUT2D eigenvalue weighted by molar-refractivity contribution is 0.550. The summed E-state index contributed by atoms with van der Waals surface area (Å²) >= 11 is 0. The van der Waals surface area contributed by atoms with Crippen molar-refractivity contribution in [1.29, 1.82) is 0 Å². The van der Waals surface area contributed by atoms with Gasteiger partial charge in [0.1, 0.15) is 0 Å². The van der Waals surface area contributed by atoms with Crippen LogP contribution in [0, 0.1) is 6.92 Å². The predicted octanol–water partition coefficient (Wildman–Crippen LogP) is 1.78. The van der Waals surface area contributed by atoms with Gasteiger partial charge in [-0.2, -0.15) is 4.31 Å². The third-order valence-corrected chi connectivity index (χ3v) is 4.70. The Morgan fingerprint density at radius 1 is 1.33 bits per heavy atom. The summed E-state index contributed by atoms with van der Waals surface area (Å²) in [6.45, 7) is 4.63. The van der Waals surface area contributed by atoms with Gasteiger partial charge in [-0.05, 0) is 25.5 Å². The summed E-state index contributed by atoms with van der Waals surface area (Å²) in [4.78, 5) is 0.407. The molecule has 1 fully saturated rings. The Hall–Kier alpha value is -0.870. The largest absolute Gasteiger partial charge is 0.243 e. The molecule has 1 aliphatic rings. The molecule has 0 N–H and O–H groups in total. The molecule has 1 heterocycles. The summed E-state index contributed by atoms with van der Waals surface area (Å²) in [5, 5.41) is 0. The number of sulfonamides is 1. The predicted molar refractivity (Wildman–Crippen MR) is 59.1 cm³/mol. The molecule has 0 bridgehead atoms. The van der Waals surface area contributed by atoms with Gasteiger partial charge in [-0.3, -0.25) is 0 Å². The monoisotopic (exact) mass is 225 g/mol. The minimum atomic E-state index is -3.21. The molecule has 0 aromatic heterocycles. The molecule has 4 heteroatoms. The SMILES string of the molecule is CCC1CN1S(=O)(=O)c1ccc(C)cc1. The highest BCUT2D eigenvalue weighted by Crippen LogP contribution is 2.29.